The van der Waals surface area contributed by atoms with Crippen LogP contribution in [0, 0.1) is 5.92 Å². The smallest absolute Gasteiger partial charge is 0.309 e. The molecule has 0 radical (unpaired) electrons. The van der Waals surface area contributed by atoms with E-state index in [0.29, 0.717) is 22.7 Å². The maximum atomic E-state index is 12.6. The van der Waals surface area contributed by atoms with Crippen molar-refractivity contribution in [3.63, 3.8) is 0 Å². The van der Waals surface area contributed by atoms with Gasteiger partial charge in [-0.25, -0.2) is 8.42 Å². The average molecular weight is 492 g/mol. The lowest BCUT2D eigenvalue weighted by Gasteiger charge is -2.29. The standard InChI is InChI=1S/C23H29N3O5S2/c27-21(24-19-6-8-20(9-7-19)25-12-2-1-3-13-25)17-31-23(28)18-10-14-26(15-11-18)33(29,30)22-5-4-16-32-22/h4-9,16,18H,1-3,10-15,17H2,(H,24,27). The molecule has 4 rings (SSSR count). The summed E-state index contributed by atoms with van der Waals surface area (Å²) in [5.74, 6) is -1.26. The first-order valence-electron chi connectivity index (χ1n) is 11.3. The van der Waals surface area contributed by atoms with Crippen molar-refractivity contribution in [1.29, 1.82) is 0 Å². The van der Waals surface area contributed by atoms with E-state index in [1.807, 2.05) is 24.3 Å². The third-order valence-electron chi connectivity index (χ3n) is 6.09. The molecule has 8 nitrogen and oxygen atoms in total. The number of esters is 1. The molecule has 1 aromatic heterocycles. The minimum absolute atomic E-state index is 0.259. The molecule has 2 fully saturated rings. The van der Waals surface area contributed by atoms with Crippen LogP contribution in [0.15, 0.2) is 46.0 Å². The molecule has 178 valence electrons. The van der Waals surface area contributed by atoms with Crippen LogP contribution < -0.4 is 10.2 Å². The van der Waals surface area contributed by atoms with Gasteiger partial charge in [0.2, 0.25) is 0 Å². The molecule has 0 unspecified atom stereocenters. The lowest BCUT2D eigenvalue weighted by atomic mass is 9.98. The van der Waals surface area contributed by atoms with E-state index >= 15 is 0 Å². The summed E-state index contributed by atoms with van der Waals surface area (Å²) < 4.78 is 32.1. The summed E-state index contributed by atoms with van der Waals surface area (Å²) in [4.78, 5) is 26.9. The summed E-state index contributed by atoms with van der Waals surface area (Å²) in [6.45, 7) is 2.27. The zero-order chi connectivity index (χ0) is 23.3. The highest BCUT2D eigenvalue weighted by Gasteiger charge is 2.33. The number of nitrogens with zero attached hydrogens (tertiary/aromatic N) is 2. The fourth-order valence-electron chi connectivity index (χ4n) is 4.23. The van der Waals surface area contributed by atoms with E-state index in [1.165, 1.54) is 34.9 Å². The van der Waals surface area contributed by atoms with Crippen molar-refractivity contribution in [3.8, 4) is 0 Å². The normalized spacial score (nSPS) is 18.1. The Morgan fingerprint density at radius 1 is 1.00 bits per heavy atom. The Morgan fingerprint density at radius 2 is 1.70 bits per heavy atom. The summed E-state index contributed by atoms with van der Waals surface area (Å²) in [5, 5.41) is 4.48. The molecule has 1 aromatic carbocycles. The van der Waals surface area contributed by atoms with Gasteiger partial charge in [0, 0.05) is 37.6 Å². The molecule has 0 aliphatic carbocycles. The van der Waals surface area contributed by atoms with Crippen LogP contribution in [-0.4, -0.2) is 57.4 Å². The number of benzene rings is 1. The Bertz CT molecular complexity index is 1040. The van der Waals surface area contributed by atoms with Gasteiger partial charge in [-0.3, -0.25) is 9.59 Å². The van der Waals surface area contributed by atoms with Gasteiger partial charge in [-0.1, -0.05) is 6.07 Å². The molecule has 33 heavy (non-hydrogen) atoms. The van der Waals surface area contributed by atoms with Crippen molar-refractivity contribution in [2.24, 2.45) is 5.92 Å². The molecule has 2 aliphatic rings. The predicted molar refractivity (Wildman–Crippen MR) is 128 cm³/mol. The summed E-state index contributed by atoms with van der Waals surface area (Å²) in [6, 6.07) is 11.0. The van der Waals surface area contributed by atoms with Crippen LogP contribution in [0.25, 0.3) is 0 Å². The second-order valence-electron chi connectivity index (χ2n) is 8.36. The highest BCUT2D eigenvalue weighted by atomic mass is 32.2. The molecule has 2 aromatic rings. The SMILES string of the molecule is O=C(COC(=O)C1CCN(S(=O)(=O)c2cccs2)CC1)Nc1ccc(N2CCCCC2)cc1. The summed E-state index contributed by atoms with van der Waals surface area (Å²) >= 11 is 1.18. The van der Waals surface area contributed by atoms with E-state index in [0.717, 1.165) is 18.8 Å². The molecule has 1 amide bonds. The van der Waals surface area contributed by atoms with Crippen LogP contribution in [0.1, 0.15) is 32.1 Å². The van der Waals surface area contributed by atoms with E-state index in [2.05, 4.69) is 10.2 Å². The number of anilines is 2. The molecule has 1 N–H and O–H groups in total. The Balaban J connectivity index is 1.20. The number of ether oxygens (including phenoxy) is 1. The molecule has 10 heteroatoms. The van der Waals surface area contributed by atoms with E-state index in [-0.39, 0.29) is 19.7 Å². The number of carbonyl (C=O) groups is 2. The van der Waals surface area contributed by atoms with Gasteiger partial charge >= 0.3 is 5.97 Å². The number of nitrogens with one attached hydrogen (secondary N) is 1. The highest BCUT2D eigenvalue weighted by Crippen LogP contribution is 2.27. The molecule has 0 spiro atoms. The molecule has 0 saturated carbocycles. The second-order valence-corrected chi connectivity index (χ2v) is 11.5. The first-order valence-corrected chi connectivity index (χ1v) is 13.6. The maximum Gasteiger partial charge on any atom is 0.309 e. The largest absolute Gasteiger partial charge is 0.455 e. The first kappa shape index (κ1) is 23.7. The molecule has 3 heterocycles. The van der Waals surface area contributed by atoms with E-state index < -0.39 is 27.8 Å². The van der Waals surface area contributed by atoms with Crippen LogP contribution in [0.3, 0.4) is 0 Å². The van der Waals surface area contributed by atoms with Crippen molar-refractivity contribution < 1.29 is 22.7 Å². The Hall–Kier alpha value is -2.43. The van der Waals surface area contributed by atoms with Gasteiger partial charge in [-0.2, -0.15) is 4.31 Å². The van der Waals surface area contributed by atoms with Crippen LogP contribution in [0.5, 0.6) is 0 Å². The van der Waals surface area contributed by atoms with Crippen molar-refractivity contribution in [1.82, 2.24) is 4.31 Å². The minimum atomic E-state index is -3.51. The van der Waals surface area contributed by atoms with Crippen LogP contribution in [-0.2, 0) is 24.3 Å². The number of hydrogen-bond donors (Lipinski definition) is 1. The quantitative estimate of drug-likeness (QED) is 0.597. The fourth-order valence-corrected chi connectivity index (χ4v) is 6.84. The third kappa shape index (κ3) is 5.93. The summed E-state index contributed by atoms with van der Waals surface area (Å²) in [6.07, 6.45) is 4.43. The van der Waals surface area contributed by atoms with Gasteiger partial charge in [0.05, 0.1) is 5.92 Å². The van der Waals surface area contributed by atoms with Crippen molar-refractivity contribution in [2.75, 3.05) is 43.0 Å². The molecule has 2 aliphatic heterocycles. The minimum Gasteiger partial charge on any atom is -0.455 e. The first-order chi connectivity index (χ1) is 15.9. The molecular weight excluding hydrogens is 462 g/mol. The van der Waals surface area contributed by atoms with Crippen molar-refractivity contribution in [3.05, 3.63) is 41.8 Å². The third-order valence-corrected chi connectivity index (χ3v) is 9.37. The Kier molecular flexibility index (Phi) is 7.67. The Labute approximate surface area is 198 Å². The number of amides is 1. The number of thiophene rings is 1. The highest BCUT2D eigenvalue weighted by molar-refractivity contribution is 7.91. The van der Waals surface area contributed by atoms with Crippen molar-refractivity contribution in [2.45, 2.75) is 36.3 Å². The predicted octanol–water partition coefficient (Wildman–Crippen LogP) is 3.32. The lowest BCUT2D eigenvalue weighted by molar-refractivity contribution is -0.152. The van der Waals surface area contributed by atoms with Gasteiger partial charge in [-0.05, 0) is 67.8 Å². The monoisotopic (exact) mass is 491 g/mol. The number of piperidine rings is 2. The maximum absolute atomic E-state index is 12.6. The average Bonchev–Trinajstić information content (AvgIpc) is 3.40. The van der Waals surface area contributed by atoms with Gasteiger partial charge in [0.25, 0.3) is 15.9 Å². The molecule has 0 atom stereocenters. The topological polar surface area (TPSA) is 96.0 Å². The summed E-state index contributed by atoms with van der Waals surface area (Å²) in [5.41, 5.74) is 1.80. The number of carbonyl (C=O) groups excluding carboxylic acids is 2. The molecular formula is C23H29N3O5S2. The van der Waals surface area contributed by atoms with Gasteiger partial charge in [-0.15, -0.1) is 11.3 Å². The molecule has 2 saturated heterocycles. The number of hydrogen-bond acceptors (Lipinski definition) is 7. The lowest BCUT2D eigenvalue weighted by Crippen LogP contribution is -2.40. The van der Waals surface area contributed by atoms with Gasteiger partial charge in [0.15, 0.2) is 6.61 Å². The second kappa shape index (κ2) is 10.7. The van der Waals surface area contributed by atoms with E-state index in [4.69, 9.17) is 4.74 Å². The van der Waals surface area contributed by atoms with Crippen LogP contribution in [0.2, 0.25) is 0 Å². The van der Waals surface area contributed by atoms with Crippen LogP contribution in [0.4, 0.5) is 11.4 Å². The number of rotatable bonds is 7. The van der Waals surface area contributed by atoms with Crippen LogP contribution >= 0.6 is 11.3 Å². The van der Waals surface area contributed by atoms with E-state index in [9.17, 15) is 18.0 Å². The van der Waals surface area contributed by atoms with Crippen molar-refractivity contribution >= 4 is 44.6 Å². The summed E-state index contributed by atoms with van der Waals surface area (Å²) in [7, 11) is -3.51. The number of sulfonamides is 1. The Morgan fingerprint density at radius 3 is 2.33 bits per heavy atom. The molecule has 0 bridgehead atoms. The fraction of sp³-hybridized carbons (Fsp3) is 0.478. The van der Waals surface area contributed by atoms with Gasteiger partial charge < -0.3 is 15.0 Å². The van der Waals surface area contributed by atoms with E-state index in [1.54, 1.807) is 17.5 Å². The zero-order valence-corrected chi connectivity index (χ0v) is 20.1. The van der Waals surface area contributed by atoms with Gasteiger partial charge in [0.1, 0.15) is 4.21 Å². The zero-order valence-electron chi connectivity index (χ0n) is 18.4.